The fraction of sp³-hybridized carbons (Fsp3) is 0.167. The molecular weight excluding hydrogens is 356 g/mol. The van der Waals surface area contributed by atoms with Gasteiger partial charge in [-0.25, -0.2) is 8.91 Å². The summed E-state index contributed by atoms with van der Waals surface area (Å²) in [6, 6.07) is 5.33. The molecule has 4 rings (SSSR count). The highest BCUT2D eigenvalue weighted by atomic mass is 19.3. The smallest absolute Gasteiger partial charge is 0.164 e. The summed E-state index contributed by atoms with van der Waals surface area (Å²) in [6.07, 6.45) is 3.30. The summed E-state index contributed by atoms with van der Waals surface area (Å²) in [5, 5.41) is 14.3. The summed E-state index contributed by atoms with van der Waals surface area (Å²) in [4.78, 5) is 15.4. The Balaban J connectivity index is 1.92. The van der Waals surface area contributed by atoms with Crippen molar-refractivity contribution >= 4 is 28.0 Å². The van der Waals surface area contributed by atoms with E-state index in [-0.39, 0.29) is 18.1 Å². The van der Waals surface area contributed by atoms with E-state index in [0.717, 1.165) is 11.1 Å². The normalized spacial score (nSPS) is 11.4. The molecule has 0 aliphatic rings. The molecular formula is C18H15F2N5O2. The number of anilines is 1. The minimum absolute atomic E-state index is 0.00638. The Hall–Kier alpha value is -3.33. The van der Waals surface area contributed by atoms with E-state index in [9.17, 15) is 13.7 Å². The third kappa shape index (κ3) is 2.72. The quantitative estimate of drug-likeness (QED) is 0.412. The predicted octanol–water partition coefficient (Wildman–Crippen LogP) is 3.80. The molecule has 0 saturated carbocycles. The number of fused-ring (bicyclic) bond motifs is 2. The number of aromatic amines is 1. The molecule has 3 aromatic heterocycles. The first-order chi connectivity index (χ1) is 13.0. The zero-order chi connectivity index (χ0) is 19.1. The van der Waals surface area contributed by atoms with Gasteiger partial charge in [0.05, 0.1) is 22.8 Å². The standard InChI is InChI=1S/C18H15F2N5O2/c1-9-15(13-7-22-23-18(13)16(10(2)26)17(9)19)11-3-4-25-12(5-11)6-14(24-25)21-8-27-20/h3-7H,8H2,1-2H3,(H,21,24)(H,22,23). The summed E-state index contributed by atoms with van der Waals surface area (Å²) in [6.45, 7) is 2.64. The fourth-order valence-electron chi connectivity index (χ4n) is 3.32. The van der Waals surface area contributed by atoms with E-state index in [1.807, 2.05) is 6.07 Å². The Morgan fingerprint density at radius 3 is 2.96 bits per heavy atom. The number of hydrogen-bond acceptors (Lipinski definition) is 5. The van der Waals surface area contributed by atoms with Crippen molar-refractivity contribution in [3.63, 3.8) is 0 Å². The number of carbonyl (C=O) groups excluding carboxylic acids is 1. The Bertz CT molecular complexity index is 1180. The summed E-state index contributed by atoms with van der Waals surface area (Å²) >= 11 is 0. The maximum atomic E-state index is 14.9. The maximum Gasteiger partial charge on any atom is 0.164 e. The third-order valence-corrected chi connectivity index (χ3v) is 4.49. The van der Waals surface area contributed by atoms with Gasteiger partial charge in [-0.2, -0.15) is 15.1 Å². The number of Topliss-reactive ketones (excluding diaryl/α,β-unsaturated/α-hetero) is 1. The number of ketones is 1. The lowest BCUT2D eigenvalue weighted by molar-refractivity contribution is -0.123. The van der Waals surface area contributed by atoms with Gasteiger partial charge in [0.15, 0.2) is 18.3 Å². The number of benzene rings is 1. The van der Waals surface area contributed by atoms with Gasteiger partial charge in [0.2, 0.25) is 0 Å². The number of H-pyrrole nitrogens is 1. The van der Waals surface area contributed by atoms with Crippen LogP contribution >= 0.6 is 0 Å². The van der Waals surface area contributed by atoms with Gasteiger partial charge >= 0.3 is 0 Å². The molecule has 0 spiro atoms. The van der Waals surface area contributed by atoms with Gasteiger partial charge < -0.3 is 5.32 Å². The molecule has 1 aromatic carbocycles. The zero-order valence-corrected chi connectivity index (χ0v) is 14.5. The summed E-state index contributed by atoms with van der Waals surface area (Å²) in [7, 11) is 0. The van der Waals surface area contributed by atoms with E-state index in [4.69, 9.17) is 0 Å². The van der Waals surface area contributed by atoms with E-state index < -0.39 is 5.82 Å². The van der Waals surface area contributed by atoms with Crippen LogP contribution in [-0.4, -0.2) is 32.3 Å². The molecule has 0 aliphatic heterocycles. The minimum atomic E-state index is -0.565. The van der Waals surface area contributed by atoms with Crippen LogP contribution in [0.1, 0.15) is 22.8 Å². The van der Waals surface area contributed by atoms with Gasteiger partial charge in [-0.05, 0) is 47.2 Å². The van der Waals surface area contributed by atoms with Gasteiger partial charge in [-0.1, -0.05) is 0 Å². The van der Waals surface area contributed by atoms with Gasteiger partial charge in [-0.15, -0.1) is 0 Å². The molecule has 4 aromatic rings. The number of halogens is 2. The first kappa shape index (κ1) is 17.1. The van der Waals surface area contributed by atoms with Crippen molar-refractivity contribution in [2.24, 2.45) is 0 Å². The molecule has 0 amide bonds. The SMILES string of the molecule is CC(=O)c1c(F)c(C)c(-c2ccn3nc(NCOF)cc3c2)c2cn[nH]c12. The number of nitrogens with one attached hydrogen (secondary N) is 2. The molecule has 9 heteroatoms. The van der Waals surface area contributed by atoms with Crippen molar-refractivity contribution in [3.8, 4) is 11.1 Å². The number of carbonyl (C=O) groups is 1. The number of aromatic nitrogens is 4. The Kier molecular flexibility index (Phi) is 4.08. The lowest BCUT2D eigenvalue weighted by Crippen LogP contribution is -2.03. The summed E-state index contributed by atoms with van der Waals surface area (Å²) < 4.78 is 28.4. The van der Waals surface area contributed by atoms with E-state index in [0.29, 0.717) is 27.8 Å². The molecule has 2 N–H and O–H groups in total. The molecule has 0 saturated heterocycles. The second kappa shape index (κ2) is 6.44. The Morgan fingerprint density at radius 2 is 2.22 bits per heavy atom. The lowest BCUT2D eigenvalue weighted by atomic mass is 9.93. The van der Waals surface area contributed by atoms with Crippen LogP contribution in [0.2, 0.25) is 0 Å². The second-order valence-corrected chi connectivity index (χ2v) is 6.15. The van der Waals surface area contributed by atoms with Crippen molar-refractivity contribution in [1.82, 2.24) is 19.8 Å². The monoisotopic (exact) mass is 371 g/mol. The van der Waals surface area contributed by atoms with Crippen LogP contribution < -0.4 is 5.32 Å². The summed E-state index contributed by atoms with van der Waals surface area (Å²) in [5.74, 6) is -0.494. The first-order valence-corrected chi connectivity index (χ1v) is 8.14. The van der Waals surface area contributed by atoms with Crippen LogP contribution in [0.4, 0.5) is 14.7 Å². The van der Waals surface area contributed by atoms with E-state index in [2.05, 4.69) is 25.6 Å². The van der Waals surface area contributed by atoms with Crippen LogP contribution in [0.5, 0.6) is 0 Å². The molecule has 3 heterocycles. The van der Waals surface area contributed by atoms with E-state index in [1.165, 1.54) is 6.92 Å². The van der Waals surface area contributed by atoms with Crippen LogP contribution in [0, 0.1) is 12.7 Å². The van der Waals surface area contributed by atoms with Gasteiger partial charge in [0, 0.05) is 17.6 Å². The average Bonchev–Trinajstić information content (AvgIpc) is 3.26. The highest BCUT2D eigenvalue weighted by Crippen LogP contribution is 2.36. The predicted molar refractivity (Wildman–Crippen MR) is 95.7 cm³/mol. The lowest BCUT2D eigenvalue weighted by Gasteiger charge is -2.12. The molecule has 27 heavy (non-hydrogen) atoms. The van der Waals surface area contributed by atoms with Crippen LogP contribution in [0.15, 0.2) is 30.6 Å². The number of nitrogens with zero attached hydrogens (tertiary/aromatic N) is 3. The van der Waals surface area contributed by atoms with Crippen LogP contribution in [0.25, 0.3) is 27.5 Å². The van der Waals surface area contributed by atoms with Crippen molar-refractivity contribution in [2.45, 2.75) is 13.8 Å². The van der Waals surface area contributed by atoms with Crippen LogP contribution in [0.3, 0.4) is 0 Å². The highest BCUT2D eigenvalue weighted by Gasteiger charge is 2.22. The third-order valence-electron chi connectivity index (χ3n) is 4.49. The van der Waals surface area contributed by atoms with Gasteiger partial charge in [0.25, 0.3) is 0 Å². The number of pyridine rings is 1. The van der Waals surface area contributed by atoms with Gasteiger partial charge in [0.1, 0.15) is 5.82 Å². The first-order valence-electron chi connectivity index (χ1n) is 8.14. The highest BCUT2D eigenvalue weighted by molar-refractivity contribution is 6.10. The number of rotatable bonds is 5. The Labute approximate surface area is 151 Å². The molecule has 138 valence electrons. The fourth-order valence-corrected chi connectivity index (χ4v) is 3.32. The second-order valence-electron chi connectivity index (χ2n) is 6.15. The Morgan fingerprint density at radius 1 is 1.41 bits per heavy atom. The molecule has 0 unspecified atom stereocenters. The van der Waals surface area contributed by atoms with Crippen LogP contribution in [-0.2, 0) is 4.94 Å². The van der Waals surface area contributed by atoms with Crippen molar-refractivity contribution in [2.75, 3.05) is 12.0 Å². The van der Waals surface area contributed by atoms with E-state index >= 15 is 0 Å². The molecule has 0 atom stereocenters. The maximum absolute atomic E-state index is 14.9. The molecule has 7 nitrogen and oxygen atoms in total. The molecule has 0 aliphatic carbocycles. The largest absolute Gasteiger partial charge is 0.343 e. The molecule has 0 bridgehead atoms. The summed E-state index contributed by atoms with van der Waals surface area (Å²) in [5.41, 5.74) is 2.85. The topological polar surface area (TPSA) is 84.3 Å². The van der Waals surface area contributed by atoms with Crippen molar-refractivity contribution in [3.05, 3.63) is 47.5 Å². The van der Waals surface area contributed by atoms with Gasteiger partial charge in [-0.3, -0.25) is 9.89 Å². The minimum Gasteiger partial charge on any atom is -0.343 e. The average molecular weight is 371 g/mol. The molecule has 0 radical (unpaired) electrons. The molecule has 0 fully saturated rings. The van der Waals surface area contributed by atoms with Crippen molar-refractivity contribution < 1.29 is 18.7 Å². The van der Waals surface area contributed by atoms with Crippen molar-refractivity contribution in [1.29, 1.82) is 0 Å². The zero-order valence-electron chi connectivity index (χ0n) is 14.5. The number of hydrogen-bond donors (Lipinski definition) is 2. The van der Waals surface area contributed by atoms with E-state index in [1.54, 1.807) is 36.0 Å².